The van der Waals surface area contributed by atoms with E-state index in [2.05, 4.69) is 37.1 Å². The fraction of sp³-hybridized carbons (Fsp3) is 0.0494. The van der Waals surface area contributed by atoms with Crippen LogP contribution in [-0.4, -0.2) is 63.7 Å². The standard InChI is InChI=1S/C19H15NO2.C19H15NO.C15H15NO.C14H13NO2.C14H13NO.10ClH.5Ti/c21-18-12-6-4-8-15(18)14-20-17-11-5-7-13-19(17)22-16-9-2-1-3-10-16;21-19-13-7-4-10-16(19)14-20-18-12-6-5-11-17(18)15-8-2-1-3-9-15;1-11-6-5-7-12(2)15(11)16-10-13-8-3-4-9-14(13)17;1-17-14-9-5-3-7-12(14)15-10-11-6-2-4-8-13(11)16;1-11-6-2-4-8-13(11)15-10-12-7-3-5-9-14(12)16;;;;;;;;;;;;;;;/h1-14,21H;1-14,21H;3-10,17H,1-2H3;2-10,16H,1H3;2-10,16H,1H3;10*1H;;;;;/q;;;;;;;;;;;;;;;5*+2/p-10. The first kappa shape index (κ1) is 96.3. The predicted molar refractivity (Wildman–Crippen MR) is 440 cm³/mol. The summed E-state index contributed by atoms with van der Waals surface area (Å²) >= 11 is -2.78. The summed E-state index contributed by atoms with van der Waals surface area (Å²) in [6.45, 7) is 6.08. The van der Waals surface area contributed by atoms with Gasteiger partial charge in [-0.15, -0.1) is 0 Å². The molecule has 0 radical (unpaired) electrons. The Kier molecular flexibility index (Phi) is 54.1. The van der Waals surface area contributed by atoms with Crippen LogP contribution >= 0.6 is 93.0 Å². The SMILES string of the molecule is COc1ccccc1N=Cc1ccccc1O.Cc1cccc(C)c1N=Cc1ccccc1O.Cc1ccccc1N=Cc1ccccc1O.Oc1ccccc1C=Nc1ccccc1-c1ccccc1.Oc1ccccc1C=Nc1ccccc1Oc1ccccc1.[Cl][Ti][Cl].[Cl][Ti][Cl].[Cl][Ti][Cl].[Cl][Ti][Cl].[Cl][Ti][Cl]. The first-order valence-electron chi connectivity index (χ1n) is 31.6. The van der Waals surface area contributed by atoms with E-state index in [9.17, 15) is 25.5 Å². The van der Waals surface area contributed by atoms with Gasteiger partial charge in [-0.25, -0.2) is 0 Å². The van der Waals surface area contributed by atoms with Crippen molar-refractivity contribution in [1.82, 2.24) is 0 Å². The average Bonchev–Trinajstić information content (AvgIpc) is 0.867. The minimum absolute atomic E-state index is 0.202. The average molecular weight is 1820 g/mol. The molecule has 0 spiro atoms. The summed E-state index contributed by atoms with van der Waals surface area (Å²) in [5.74, 6) is 3.28. The number of aliphatic imine (C=N–C) groups is 5. The molecule has 0 heterocycles. The molecule has 5 N–H and O–H groups in total. The fourth-order valence-electron chi connectivity index (χ4n) is 8.84. The van der Waals surface area contributed by atoms with Gasteiger partial charge in [-0.1, -0.05) is 188 Å². The monoisotopic (exact) mass is 1810 g/mol. The van der Waals surface area contributed by atoms with E-state index in [1.165, 1.54) is 0 Å². The molecule has 552 valence electrons. The van der Waals surface area contributed by atoms with Crippen LogP contribution in [0.4, 0.5) is 28.4 Å². The van der Waals surface area contributed by atoms with Crippen molar-refractivity contribution in [2.45, 2.75) is 20.8 Å². The first-order chi connectivity index (χ1) is 52.5. The van der Waals surface area contributed by atoms with Crippen molar-refractivity contribution < 1.29 is 120 Å². The van der Waals surface area contributed by atoms with E-state index in [-0.39, 0.29) is 28.7 Å². The third-order valence-electron chi connectivity index (χ3n) is 13.9. The van der Waals surface area contributed by atoms with Gasteiger partial charge in [0, 0.05) is 64.5 Å². The molecule has 12 nitrogen and oxygen atoms in total. The molecule has 0 aromatic heterocycles. The Balaban J connectivity index is 0.000000335. The summed E-state index contributed by atoms with van der Waals surface area (Å²) in [6.07, 6.45) is 8.31. The molecule has 0 aliphatic heterocycles. The number of hydrogen-bond donors (Lipinski definition) is 5. The first-order valence-corrected chi connectivity index (χ1v) is 53.1. The van der Waals surface area contributed by atoms with Gasteiger partial charge in [-0.2, -0.15) is 0 Å². The number of phenolic OH excluding ortho intramolecular Hbond substituents is 5. The number of rotatable bonds is 14. The molecule has 0 unspecified atom stereocenters. The number of para-hydroxylation sites is 13. The summed E-state index contributed by atoms with van der Waals surface area (Å²) in [6, 6.07) is 92.3. The van der Waals surface area contributed by atoms with Crippen LogP contribution in [0.5, 0.6) is 46.0 Å². The number of ether oxygens (including phenoxy) is 2. The Morgan fingerprint density at radius 1 is 0.269 bits per heavy atom. The summed E-state index contributed by atoms with van der Waals surface area (Å²) in [4.78, 5) is 22.1. The number of hydrogen-bond acceptors (Lipinski definition) is 12. The maximum atomic E-state index is 9.78. The van der Waals surface area contributed by atoms with Gasteiger partial charge in [0.05, 0.1) is 24.2 Å². The van der Waals surface area contributed by atoms with E-state index in [4.69, 9.17) is 103 Å². The Morgan fingerprint density at radius 2 is 0.537 bits per heavy atom. The molecule has 0 aliphatic carbocycles. The predicted octanol–water partition coefficient (Wildman–Crippen LogP) is 27.0. The molecule has 0 atom stereocenters. The van der Waals surface area contributed by atoms with Crippen molar-refractivity contribution in [1.29, 1.82) is 0 Å². The van der Waals surface area contributed by atoms with Crippen molar-refractivity contribution in [2.24, 2.45) is 25.0 Å². The Bertz CT molecular complexity index is 4560. The molecular weight excluding hydrogens is 1750 g/mol. The molecule has 0 aliphatic rings. The summed E-state index contributed by atoms with van der Waals surface area (Å²) in [5.41, 5.74) is 13.3. The molecule has 0 amide bonds. The van der Waals surface area contributed by atoms with E-state index < -0.39 is 85.2 Å². The number of halogens is 10. The molecule has 0 bridgehead atoms. The second-order valence-corrected chi connectivity index (χ2v) is 33.8. The van der Waals surface area contributed by atoms with Gasteiger partial charge in [-0.3, -0.25) is 25.0 Å². The van der Waals surface area contributed by atoms with Crippen molar-refractivity contribution >= 4 is 153 Å². The van der Waals surface area contributed by atoms with Crippen LogP contribution in [0.3, 0.4) is 0 Å². The van der Waals surface area contributed by atoms with Crippen molar-refractivity contribution in [2.75, 3.05) is 7.11 Å². The molecule has 0 saturated carbocycles. The zero-order valence-electron chi connectivity index (χ0n) is 58.2. The fourth-order valence-corrected chi connectivity index (χ4v) is 8.84. The Hall–Kier alpha value is -5.94. The van der Waals surface area contributed by atoms with E-state index >= 15 is 0 Å². The number of aryl methyl sites for hydroxylation is 3. The quantitative estimate of drug-likeness (QED) is 0.0530. The minimum atomic E-state index is -0.556. The van der Waals surface area contributed by atoms with Crippen molar-refractivity contribution in [3.63, 3.8) is 0 Å². The number of benzene rings is 12. The van der Waals surface area contributed by atoms with Crippen LogP contribution in [-0.2, 0) is 85.2 Å². The molecule has 108 heavy (non-hydrogen) atoms. The van der Waals surface area contributed by atoms with E-state index in [1.807, 2.05) is 233 Å². The number of nitrogens with zero attached hydrogens (tertiary/aromatic N) is 5. The van der Waals surface area contributed by atoms with Gasteiger partial charge < -0.3 is 35.0 Å². The maximum absolute atomic E-state index is 9.78. The van der Waals surface area contributed by atoms with Gasteiger partial charge in [-0.05, 0) is 152 Å². The number of aromatic hydroxyl groups is 5. The molecule has 0 fully saturated rings. The van der Waals surface area contributed by atoms with E-state index in [0.717, 1.165) is 67.4 Å². The zero-order valence-corrected chi connectivity index (χ0v) is 73.6. The van der Waals surface area contributed by atoms with Crippen molar-refractivity contribution in [3.8, 4) is 57.1 Å². The Morgan fingerprint density at radius 3 is 0.917 bits per heavy atom. The third kappa shape index (κ3) is 39.3. The van der Waals surface area contributed by atoms with Crippen LogP contribution in [0.2, 0.25) is 0 Å². The molecule has 12 aromatic carbocycles. The number of phenols is 5. The van der Waals surface area contributed by atoms with Gasteiger partial charge in [0.1, 0.15) is 51.6 Å². The van der Waals surface area contributed by atoms with Crippen LogP contribution in [0.25, 0.3) is 11.1 Å². The van der Waals surface area contributed by atoms with Crippen LogP contribution < -0.4 is 9.47 Å². The molecule has 12 rings (SSSR count). The second kappa shape index (κ2) is 60.7. The number of methoxy groups -OCH3 is 1. The summed E-state index contributed by atoms with van der Waals surface area (Å²) < 4.78 is 11.0. The second-order valence-electron chi connectivity index (χ2n) is 20.9. The normalized spacial score (nSPS) is 9.94. The van der Waals surface area contributed by atoms with Crippen LogP contribution in [0.1, 0.15) is 44.5 Å². The van der Waals surface area contributed by atoms with Crippen LogP contribution in [0.15, 0.2) is 322 Å². The van der Waals surface area contributed by atoms with Gasteiger partial charge in [0.2, 0.25) is 0 Å². The molecule has 0 saturated heterocycles. The van der Waals surface area contributed by atoms with Crippen LogP contribution in [0, 0.1) is 20.8 Å². The summed E-state index contributed by atoms with van der Waals surface area (Å²) in [7, 11) is 50.5. The Labute approximate surface area is 715 Å². The van der Waals surface area contributed by atoms with Gasteiger partial charge in [0.25, 0.3) is 0 Å². The van der Waals surface area contributed by atoms with E-state index in [0.29, 0.717) is 33.9 Å². The van der Waals surface area contributed by atoms with Gasteiger partial charge in [0.15, 0.2) is 5.75 Å². The molecule has 27 heteroatoms. The molecule has 12 aromatic rings. The van der Waals surface area contributed by atoms with Gasteiger partial charge >= 0.3 is 178 Å². The third-order valence-corrected chi connectivity index (χ3v) is 13.9. The zero-order chi connectivity index (χ0) is 78.9. The topological polar surface area (TPSA) is 181 Å². The van der Waals surface area contributed by atoms with E-state index in [1.54, 1.807) is 111 Å². The molecular formula is C81H71Cl10N5O7Ti5. The van der Waals surface area contributed by atoms with Crippen molar-refractivity contribution in [3.05, 3.63) is 342 Å². The summed E-state index contributed by atoms with van der Waals surface area (Å²) in [5, 5.41) is 48.3.